The Hall–Kier alpha value is -1.68. The summed E-state index contributed by atoms with van der Waals surface area (Å²) in [5.41, 5.74) is 1.88. The van der Waals surface area contributed by atoms with Crippen LogP contribution in [0.15, 0.2) is 35.7 Å². The number of hydrogen-bond acceptors (Lipinski definition) is 3. The fraction of sp³-hybridized carbons (Fsp3) is 0.524. The first-order chi connectivity index (χ1) is 12.0. The molecule has 4 heteroatoms. The number of thiazole rings is 1. The van der Waals surface area contributed by atoms with Gasteiger partial charge in [-0.3, -0.25) is 4.79 Å². The Bertz CT molecular complexity index is 771. The van der Waals surface area contributed by atoms with Crippen LogP contribution in [0.3, 0.4) is 0 Å². The minimum atomic E-state index is -0.0166. The second-order valence-corrected chi connectivity index (χ2v) is 9.11. The van der Waals surface area contributed by atoms with Gasteiger partial charge in [0.25, 0.3) is 5.91 Å². The highest BCUT2D eigenvalue weighted by Gasteiger charge is 2.54. The van der Waals surface area contributed by atoms with Crippen molar-refractivity contribution in [3.8, 4) is 10.6 Å². The maximum absolute atomic E-state index is 12.8. The molecule has 1 N–H and O–H groups in total. The van der Waals surface area contributed by atoms with Gasteiger partial charge in [-0.1, -0.05) is 51.1 Å². The minimum Gasteiger partial charge on any atom is -0.347 e. The van der Waals surface area contributed by atoms with Crippen LogP contribution in [0.2, 0.25) is 0 Å². The number of carbonyl (C=O) groups is 1. The minimum absolute atomic E-state index is 0.0166. The van der Waals surface area contributed by atoms with Gasteiger partial charge in [0.05, 0.1) is 0 Å². The van der Waals surface area contributed by atoms with Gasteiger partial charge in [-0.25, -0.2) is 4.98 Å². The summed E-state index contributed by atoms with van der Waals surface area (Å²) in [5, 5.41) is 6.12. The van der Waals surface area contributed by atoms with E-state index in [2.05, 4.69) is 31.1 Å². The molecule has 1 aromatic heterocycles. The van der Waals surface area contributed by atoms with E-state index >= 15 is 0 Å². The molecule has 0 saturated heterocycles. The number of aromatic nitrogens is 1. The highest BCUT2D eigenvalue weighted by Crippen LogP contribution is 2.57. The third-order valence-corrected chi connectivity index (χ3v) is 7.28. The summed E-state index contributed by atoms with van der Waals surface area (Å²) in [5.74, 6) is 2.28. The van der Waals surface area contributed by atoms with Crippen molar-refractivity contribution in [2.45, 2.75) is 46.1 Å². The van der Waals surface area contributed by atoms with Gasteiger partial charge >= 0.3 is 0 Å². The van der Waals surface area contributed by atoms with Gasteiger partial charge in [0.2, 0.25) is 0 Å². The Morgan fingerprint density at radius 3 is 2.64 bits per heavy atom. The predicted octanol–water partition coefficient (Wildman–Crippen LogP) is 5.00. The lowest BCUT2D eigenvalue weighted by molar-refractivity contribution is 0.0906. The SMILES string of the molecule is CC1C[C@@H]1CC(NC(=O)c1csc(-c2ccccc2)n1)[C@]1(C)CC1C. The Morgan fingerprint density at radius 2 is 2.04 bits per heavy atom. The summed E-state index contributed by atoms with van der Waals surface area (Å²) < 4.78 is 0. The molecule has 2 fully saturated rings. The van der Waals surface area contributed by atoms with Crippen LogP contribution in [0.1, 0.15) is 50.5 Å². The number of hydrogen-bond donors (Lipinski definition) is 1. The van der Waals surface area contributed by atoms with Gasteiger partial charge in [0.15, 0.2) is 0 Å². The van der Waals surface area contributed by atoms with E-state index in [-0.39, 0.29) is 17.4 Å². The van der Waals surface area contributed by atoms with Crippen LogP contribution in [0.25, 0.3) is 10.6 Å². The Labute approximate surface area is 153 Å². The zero-order valence-corrected chi connectivity index (χ0v) is 16.0. The molecule has 2 saturated carbocycles. The lowest BCUT2D eigenvalue weighted by Crippen LogP contribution is -2.41. The smallest absolute Gasteiger partial charge is 0.271 e. The summed E-state index contributed by atoms with van der Waals surface area (Å²) >= 11 is 1.54. The normalized spacial score (nSPS) is 31.4. The maximum Gasteiger partial charge on any atom is 0.271 e. The van der Waals surface area contributed by atoms with Crippen LogP contribution in [-0.4, -0.2) is 16.9 Å². The summed E-state index contributed by atoms with van der Waals surface area (Å²) in [7, 11) is 0. The second-order valence-electron chi connectivity index (χ2n) is 8.25. The van der Waals surface area contributed by atoms with Crippen molar-refractivity contribution < 1.29 is 4.79 Å². The van der Waals surface area contributed by atoms with E-state index in [1.807, 2.05) is 35.7 Å². The van der Waals surface area contributed by atoms with Gasteiger partial charge in [0, 0.05) is 17.0 Å². The van der Waals surface area contributed by atoms with E-state index in [9.17, 15) is 4.79 Å². The van der Waals surface area contributed by atoms with E-state index in [1.165, 1.54) is 24.2 Å². The van der Waals surface area contributed by atoms with Crippen LogP contribution >= 0.6 is 11.3 Å². The van der Waals surface area contributed by atoms with Crippen LogP contribution < -0.4 is 5.32 Å². The van der Waals surface area contributed by atoms with Crippen molar-refractivity contribution in [2.24, 2.45) is 23.2 Å². The maximum atomic E-state index is 12.8. The lowest BCUT2D eigenvalue weighted by atomic mass is 9.91. The number of nitrogens with zero attached hydrogens (tertiary/aromatic N) is 1. The van der Waals surface area contributed by atoms with Crippen molar-refractivity contribution in [3.63, 3.8) is 0 Å². The van der Waals surface area contributed by atoms with Crippen molar-refractivity contribution in [3.05, 3.63) is 41.4 Å². The van der Waals surface area contributed by atoms with Crippen molar-refractivity contribution >= 4 is 17.2 Å². The van der Waals surface area contributed by atoms with Crippen molar-refractivity contribution in [2.75, 3.05) is 0 Å². The van der Waals surface area contributed by atoms with Crippen molar-refractivity contribution in [1.29, 1.82) is 0 Å². The van der Waals surface area contributed by atoms with E-state index in [4.69, 9.17) is 0 Å². The molecular weight excluding hydrogens is 328 g/mol. The number of benzene rings is 1. The Balaban J connectivity index is 1.47. The van der Waals surface area contributed by atoms with E-state index in [0.29, 0.717) is 11.6 Å². The third kappa shape index (κ3) is 3.37. The third-order valence-electron chi connectivity index (χ3n) is 6.39. The largest absolute Gasteiger partial charge is 0.347 e. The molecule has 3 unspecified atom stereocenters. The molecule has 1 heterocycles. The van der Waals surface area contributed by atoms with Crippen LogP contribution in [0.4, 0.5) is 0 Å². The Kier molecular flexibility index (Phi) is 4.19. The van der Waals surface area contributed by atoms with Crippen LogP contribution in [0, 0.1) is 23.2 Å². The molecule has 0 radical (unpaired) electrons. The van der Waals surface area contributed by atoms with E-state index in [1.54, 1.807) is 0 Å². The molecule has 132 valence electrons. The average Bonchev–Trinajstić information content (AvgIpc) is 3.37. The lowest BCUT2D eigenvalue weighted by Gasteiger charge is -2.26. The van der Waals surface area contributed by atoms with Gasteiger partial charge in [-0.15, -0.1) is 11.3 Å². The quantitative estimate of drug-likeness (QED) is 0.793. The molecule has 0 bridgehead atoms. The molecule has 1 aromatic carbocycles. The zero-order chi connectivity index (χ0) is 17.6. The molecular formula is C21H26N2OS. The predicted molar refractivity (Wildman–Crippen MR) is 103 cm³/mol. The standard InChI is InChI=1S/C21H26N2OS/c1-13-9-16(13)10-18(21(3)11-14(21)2)23-19(24)17-12-25-20(22-17)15-7-5-4-6-8-15/h4-8,12-14,16,18H,9-11H2,1-3H3,(H,23,24)/t13?,14?,16-,18?,21-/m1/s1. The number of carbonyl (C=O) groups excluding carboxylic acids is 1. The average molecular weight is 355 g/mol. The molecule has 4 rings (SSSR count). The molecule has 25 heavy (non-hydrogen) atoms. The number of rotatable bonds is 6. The summed E-state index contributed by atoms with van der Waals surface area (Å²) in [6, 6.07) is 10.3. The molecule has 0 spiro atoms. The summed E-state index contributed by atoms with van der Waals surface area (Å²) in [6.45, 7) is 6.94. The topological polar surface area (TPSA) is 42.0 Å². The molecule has 3 nitrogen and oxygen atoms in total. The molecule has 0 aliphatic heterocycles. The van der Waals surface area contributed by atoms with Gasteiger partial charge < -0.3 is 5.32 Å². The summed E-state index contributed by atoms with van der Waals surface area (Å²) in [4.78, 5) is 17.4. The van der Waals surface area contributed by atoms with E-state index < -0.39 is 0 Å². The van der Waals surface area contributed by atoms with Crippen molar-refractivity contribution in [1.82, 2.24) is 10.3 Å². The van der Waals surface area contributed by atoms with Crippen LogP contribution in [0.5, 0.6) is 0 Å². The molecule has 2 aliphatic rings. The Morgan fingerprint density at radius 1 is 1.36 bits per heavy atom. The molecule has 2 aliphatic carbocycles. The zero-order valence-electron chi connectivity index (χ0n) is 15.2. The number of amides is 1. The van der Waals surface area contributed by atoms with Gasteiger partial charge in [-0.2, -0.15) is 0 Å². The first-order valence-electron chi connectivity index (χ1n) is 9.29. The highest BCUT2D eigenvalue weighted by molar-refractivity contribution is 7.13. The second kappa shape index (κ2) is 6.24. The van der Waals surface area contributed by atoms with Gasteiger partial charge in [-0.05, 0) is 42.4 Å². The van der Waals surface area contributed by atoms with Gasteiger partial charge in [0.1, 0.15) is 10.7 Å². The fourth-order valence-corrected chi connectivity index (χ4v) is 4.74. The summed E-state index contributed by atoms with van der Waals surface area (Å²) in [6.07, 6.45) is 3.64. The fourth-order valence-electron chi connectivity index (χ4n) is 3.93. The highest BCUT2D eigenvalue weighted by atomic mass is 32.1. The molecule has 2 aromatic rings. The number of nitrogens with one attached hydrogen (secondary N) is 1. The first kappa shape index (κ1) is 16.8. The molecule has 1 amide bonds. The monoisotopic (exact) mass is 354 g/mol. The molecule has 5 atom stereocenters. The first-order valence-corrected chi connectivity index (χ1v) is 10.2. The van der Waals surface area contributed by atoms with E-state index in [0.717, 1.165) is 28.8 Å². The van der Waals surface area contributed by atoms with Crippen LogP contribution in [-0.2, 0) is 0 Å².